The first kappa shape index (κ1) is 15.6. The van der Waals surface area contributed by atoms with Crippen molar-refractivity contribution in [2.45, 2.75) is 0 Å². The third-order valence-corrected chi connectivity index (χ3v) is 3.02. The normalized spacial score (nSPS) is 10.1. The quantitative estimate of drug-likeness (QED) is 0.446. The molecule has 0 aliphatic rings. The number of nitro groups is 1. The van der Waals surface area contributed by atoms with Crippen LogP contribution in [-0.2, 0) is 0 Å². The smallest absolute Gasteiger partial charge is 0.269 e. The van der Waals surface area contributed by atoms with Crippen LogP contribution in [0.1, 0.15) is 0 Å². The minimum absolute atomic E-state index is 0.0459. The van der Waals surface area contributed by atoms with Crippen LogP contribution in [0.4, 0.5) is 11.4 Å². The summed E-state index contributed by atoms with van der Waals surface area (Å²) in [5.74, 6) is 1.36. The Labute approximate surface area is 129 Å². The van der Waals surface area contributed by atoms with Gasteiger partial charge in [-0.05, 0) is 36.4 Å². The van der Waals surface area contributed by atoms with Crippen LogP contribution < -0.4 is 14.4 Å². The van der Waals surface area contributed by atoms with Crippen LogP contribution in [0, 0.1) is 10.1 Å². The fourth-order valence-corrected chi connectivity index (χ4v) is 1.82. The molecule has 0 saturated carbocycles. The number of nitrogens with zero attached hydrogens (tertiary/aromatic N) is 2. The van der Waals surface area contributed by atoms with E-state index in [4.69, 9.17) is 9.47 Å². The maximum Gasteiger partial charge on any atom is 0.269 e. The standard InChI is InChI=1S/C16H18N2O4/c1-17(2)13-3-7-15(8-4-13)21-11-12-22-16-9-5-14(6-10-16)18(19)20/h3-10H,11-12H2,1-2H3. The molecular formula is C16H18N2O4. The molecule has 0 aliphatic heterocycles. The highest BCUT2D eigenvalue weighted by Gasteiger charge is 2.04. The van der Waals surface area contributed by atoms with Crippen LogP contribution >= 0.6 is 0 Å². The van der Waals surface area contributed by atoms with Gasteiger partial charge in [-0.2, -0.15) is 0 Å². The summed E-state index contributed by atoms with van der Waals surface area (Å²) < 4.78 is 11.0. The molecule has 0 bridgehead atoms. The molecule has 2 rings (SSSR count). The summed E-state index contributed by atoms with van der Waals surface area (Å²) in [7, 11) is 3.96. The zero-order chi connectivity index (χ0) is 15.9. The molecule has 0 atom stereocenters. The van der Waals surface area contributed by atoms with E-state index in [1.54, 1.807) is 12.1 Å². The van der Waals surface area contributed by atoms with Gasteiger partial charge in [0.2, 0.25) is 0 Å². The van der Waals surface area contributed by atoms with Gasteiger partial charge in [0.05, 0.1) is 4.92 Å². The first-order valence-electron chi connectivity index (χ1n) is 6.84. The van der Waals surface area contributed by atoms with E-state index >= 15 is 0 Å². The molecule has 6 nitrogen and oxygen atoms in total. The van der Waals surface area contributed by atoms with Gasteiger partial charge in [-0.3, -0.25) is 10.1 Å². The van der Waals surface area contributed by atoms with Crippen LogP contribution in [0.25, 0.3) is 0 Å². The number of non-ortho nitro benzene ring substituents is 1. The van der Waals surface area contributed by atoms with Gasteiger partial charge in [0.15, 0.2) is 0 Å². The Morgan fingerprint density at radius 1 is 0.909 bits per heavy atom. The highest BCUT2D eigenvalue weighted by atomic mass is 16.6. The van der Waals surface area contributed by atoms with Gasteiger partial charge in [-0.15, -0.1) is 0 Å². The molecule has 0 radical (unpaired) electrons. The van der Waals surface area contributed by atoms with Crippen molar-refractivity contribution >= 4 is 11.4 Å². The molecule has 0 fully saturated rings. The third-order valence-electron chi connectivity index (χ3n) is 3.02. The first-order chi connectivity index (χ1) is 10.6. The molecular weight excluding hydrogens is 284 g/mol. The van der Waals surface area contributed by atoms with E-state index in [1.165, 1.54) is 12.1 Å². The molecule has 0 unspecified atom stereocenters. The zero-order valence-electron chi connectivity index (χ0n) is 12.6. The summed E-state index contributed by atoms with van der Waals surface area (Å²) in [6.45, 7) is 0.769. The number of anilines is 1. The fraction of sp³-hybridized carbons (Fsp3) is 0.250. The Bertz CT molecular complexity index is 609. The SMILES string of the molecule is CN(C)c1ccc(OCCOc2ccc([N+](=O)[O-])cc2)cc1. The lowest BCUT2D eigenvalue weighted by Gasteiger charge is -2.13. The van der Waals surface area contributed by atoms with Crippen molar-refractivity contribution < 1.29 is 14.4 Å². The molecule has 0 spiro atoms. The van der Waals surface area contributed by atoms with Crippen molar-refractivity contribution in [1.82, 2.24) is 0 Å². The molecule has 2 aromatic rings. The van der Waals surface area contributed by atoms with Gasteiger partial charge in [-0.25, -0.2) is 0 Å². The maximum atomic E-state index is 10.5. The van der Waals surface area contributed by atoms with E-state index in [-0.39, 0.29) is 5.69 Å². The number of nitro benzene ring substituents is 1. The summed E-state index contributed by atoms with van der Waals surface area (Å²) in [6, 6.07) is 13.7. The molecule has 0 heterocycles. The number of benzene rings is 2. The Hall–Kier alpha value is -2.76. The zero-order valence-corrected chi connectivity index (χ0v) is 12.6. The summed E-state index contributed by atoms with van der Waals surface area (Å²) in [5.41, 5.74) is 1.15. The second kappa shape index (κ2) is 7.31. The minimum atomic E-state index is -0.440. The maximum absolute atomic E-state index is 10.5. The van der Waals surface area contributed by atoms with E-state index in [1.807, 2.05) is 43.3 Å². The lowest BCUT2D eigenvalue weighted by molar-refractivity contribution is -0.384. The van der Waals surface area contributed by atoms with Crippen molar-refractivity contribution in [1.29, 1.82) is 0 Å². The number of hydrogen-bond acceptors (Lipinski definition) is 5. The van der Waals surface area contributed by atoms with Crippen LogP contribution in [0.15, 0.2) is 48.5 Å². The van der Waals surface area contributed by atoms with Gasteiger partial charge < -0.3 is 14.4 Å². The molecule has 22 heavy (non-hydrogen) atoms. The highest BCUT2D eigenvalue weighted by Crippen LogP contribution is 2.18. The number of ether oxygens (including phenoxy) is 2. The van der Waals surface area contributed by atoms with E-state index in [0.717, 1.165) is 11.4 Å². The average Bonchev–Trinajstić information content (AvgIpc) is 2.52. The van der Waals surface area contributed by atoms with Crippen LogP contribution in [-0.4, -0.2) is 32.2 Å². The second-order valence-corrected chi connectivity index (χ2v) is 4.84. The van der Waals surface area contributed by atoms with Crippen molar-refractivity contribution in [2.75, 3.05) is 32.2 Å². The lowest BCUT2D eigenvalue weighted by Crippen LogP contribution is -2.10. The largest absolute Gasteiger partial charge is 0.490 e. The minimum Gasteiger partial charge on any atom is -0.490 e. The highest BCUT2D eigenvalue weighted by molar-refractivity contribution is 5.47. The topological polar surface area (TPSA) is 64.8 Å². The molecule has 6 heteroatoms. The Morgan fingerprint density at radius 3 is 1.77 bits per heavy atom. The van der Waals surface area contributed by atoms with Crippen LogP contribution in [0.5, 0.6) is 11.5 Å². The van der Waals surface area contributed by atoms with Crippen molar-refractivity contribution in [2.24, 2.45) is 0 Å². The summed E-state index contributed by atoms with van der Waals surface area (Å²) >= 11 is 0. The Morgan fingerprint density at radius 2 is 1.36 bits per heavy atom. The third kappa shape index (κ3) is 4.37. The molecule has 2 aromatic carbocycles. The van der Waals surface area contributed by atoms with Crippen LogP contribution in [0.2, 0.25) is 0 Å². The van der Waals surface area contributed by atoms with Gasteiger partial charge in [0.1, 0.15) is 24.7 Å². The van der Waals surface area contributed by atoms with Gasteiger partial charge in [-0.1, -0.05) is 0 Å². The monoisotopic (exact) mass is 302 g/mol. The molecule has 0 amide bonds. The predicted molar refractivity (Wildman–Crippen MR) is 84.9 cm³/mol. The van der Waals surface area contributed by atoms with Gasteiger partial charge in [0, 0.05) is 31.9 Å². The molecule has 116 valence electrons. The summed E-state index contributed by atoms with van der Waals surface area (Å²) in [4.78, 5) is 12.1. The summed E-state index contributed by atoms with van der Waals surface area (Å²) in [5, 5.41) is 10.5. The van der Waals surface area contributed by atoms with E-state index in [9.17, 15) is 10.1 Å². The van der Waals surface area contributed by atoms with E-state index in [0.29, 0.717) is 19.0 Å². The van der Waals surface area contributed by atoms with Gasteiger partial charge in [0.25, 0.3) is 5.69 Å². The lowest BCUT2D eigenvalue weighted by atomic mass is 10.3. The van der Waals surface area contributed by atoms with E-state index < -0.39 is 4.92 Å². The molecule has 0 saturated heterocycles. The average molecular weight is 302 g/mol. The number of rotatable bonds is 7. The second-order valence-electron chi connectivity index (χ2n) is 4.84. The molecule has 0 aliphatic carbocycles. The predicted octanol–water partition coefficient (Wildman–Crippen LogP) is 3.12. The van der Waals surface area contributed by atoms with Gasteiger partial charge >= 0.3 is 0 Å². The van der Waals surface area contributed by atoms with E-state index in [2.05, 4.69) is 0 Å². The Balaban J connectivity index is 1.75. The molecule has 0 aromatic heterocycles. The number of hydrogen-bond donors (Lipinski definition) is 0. The molecule has 0 N–H and O–H groups in total. The Kier molecular flexibility index (Phi) is 5.19. The summed E-state index contributed by atoms with van der Waals surface area (Å²) in [6.07, 6.45) is 0. The van der Waals surface area contributed by atoms with Crippen molar-refractivity contribution in [3.63, 3.8) is 0 Å². The first-order valence-corrected chi connectivity index (χ1v) is 6.84. The van der Waals surface area contributed by atoms with Crippen LogP contribution in [0.3, 0.4) is 0 Å². The van der Waals surface area contributed by atoms with Crippen molar-refractivity contribution in [3.05, 3.63) is 58.6 Å². The van der Waals surface area contributed by atoms with Crippen molar-refractivity contribution in [3.8, 4) is 11.5 Å². The fourth-order valence-electron chi connectivity index (χ4n) is 1.82.